The number of aliphatic hydroxyl groups excluding tert-OH is 1. The van der Waals surface area contributed by atoms with E-state index in [4.69, 9.17) is 0 Å². The predicted molar refractivity (Wildman–Crippen MR) is 83.8 cm³/mol. The van der Waals surface area contributed by atoms with E-state index in [-0.39, 0.29) is 12.6 Å². The van der Waals surface area contributed by atoms with Gasteiger partial charge >= 0.3 is 6.18 Å². The number of hydrogen-bond donors (Lipinski definition) is 2. The molecule has 2 heterocycles. The van der Waals surface area contributed by atoms with Crippen LogP contribution in [0.4, 0.5) is 24.8 Å². The highest BCUT2D eigenvalue weighted by Crippen LogP contribution is 2.30. The summed E-state index contributed by atoms with van der Waals surface area (Å²) in [4.78, 5) is 12.1. The monoisotopic (exact) mass is 352 g/mol. The molecule has 1 aromatic carbocycles. The molecule has 0 aliphatic heterocycles. The molecular formula is C15H11F3N4OS. The van der Waals surface area contributed by atoms with E-state index in [0.29, 0.717) is 11.3 Å². The Morgan fingerprint density at radius 3 is 2.71 bits per heavy atom. The maximum Gasteiger partial charge on any atom is 0.433 e. The summed E-state index contributed by atoms with van der Waals surface area (Å²) < 4.78 is 38.2. The van der Waals surface area contributed by atoms with Crippen molar-refractivity contribution in [2.45, 2.75) is 12.8 Å². The van der Waals surface area contributed by atoms with Gasteiger partial charge in [-0.1, -0.05) is 0 Å². The number of alkyl halides is 3. The number of halogens is 3. The molecule has 2 N–H and O–H groups in total. The highest BCUT2D eigenvalue weighted by Gasteiger charge is 2.32. The minimum atomic E-state index is -4.54. The molecule has 0 aliphatic rings. The summed E-state index contributed by atoms with van der Waals surface area (Å²) >= 11 is 1.42. The van der Waals surface area contributed by atoms with E-state index in [2.05, 4.69) is 20.3 Å². The summed E-state index contributed by atoms with van der Waals surface area (Å²) in [6.07, 6.45) is -1.83. The highest BCUT2D eigenvalue weighted by atomic mass is 32.1. The SMILES string of the molecule is OCc1cc(Nc2nccc(C(F)(F)F)n2)cc(-c2cncs2)c1. The van der Waals surface area contributed by atoms with Crippen molar-refractivity contribution in [2.75, 3.05) is 5.32 Å². The Balaban J connectivity index is 1.94. The van der Waals surface area contributed by atoms with Crippen molar-refractivity contribution >= 4 is 23.0 Å². The third kappa shape index (κ3) is 3.69. The van der Waals surface area contributed by atoms with Gasteiger partial charge in [0.05, 0.1) is 17.0 Å². The van der Waals surface area contributed by atoms with Crippen molar-refractivity contribution in [1.29, 1.82) is 0 Å². The molecule has 0 aliphatic carbocycles. The van der Waals surface area contributed by atoms with Gasteiger partial charge in [0.25, 0.3) is 0 Å². The number of benzene rings is 1. The fourth-order valence-electron chi connectivity index (χ4n) is 2.06. The van der Waals surface area contributed by atoms with Crippen LogP contribution in [0.1, 0.15) is 11.3 Å². The molecule has 0 saturated carbocycles. The van der Waals surface area contributed by atoms with Gasteiger partial charge in [-0.25, -0.2) is 9.97 Å². The molecular weight excluding hydrogens is 341 g/mol. The van der Waals surface area contributed by atoms with Crippen LogP contribution >= 0.6 is 11.3 Å². The zero-order valence-electron chi connectivity index (χ0n) is 12.1. The number of aromatic nitrogens is 3. The fourth-order valence-corrected chi connectivity index (χ4v) is 2.67. The average Bonchev–Trinajstić information content (AvgIpc) is 3.08. The van der Waals surface area contributed by atoms with Crippen molar-refractivity contribution in [3.05, 3.63) is 53.4 Å². The van der Waals surface area contributed by atoms with Gasteiger partial charge in [-0.05, 0) is 35.4 Å². The lowest BCUT2D eigenvalue weighted by atomic mass is 10.1. The number of aliphatic hydroxyl groups is 1. The maximum absolute atomic E-state index is 12.7. The molecule has 0 amide bonds. The minimum Gasteiger partial charge on any atom is -0.392 e. The first-order valence-corrected chi connectivity index (χ1v) is 7.64. The van der Waals surface area contributed by atoms with Crippen molar-refractivity contribution in [3.63, 3.8) is 0 Å². The van der Waals surface area contributed by atoms with Crippen LogP contribution in [0.3, 0.4) is 0 Å². The van der Waals surface area contributed by atoms with Gasteiger partial charge in [-0.3, -0.25) is 4.98 Å². The lowest BCUT2D eigenvalue weighted by Gasteiger charge is -2.11. The Labute approximate surface area is 138 Å². The zero-order valence-corrected chi connectivity index (χ0v) is 12.9. The van der Waals surface area contributed by atoms with E-state index in [9.17, 15) is 18.3 Å². The minimum absolute atomic E-state index is 0.171. The average molecular weight is 352 g/mol. The molecule has 9 heteroatoms. The summed E-state index contributed by atoms with van der Waals surface area (Å²) in [6.45, 7) is -0.204. The van der Waals surface area contributed by atoms with E-state index < -0.39 is 11.9 Å². The van der Waals surface area contributed by atoms with Gasteiger partial charge in [0.2, 0.25) is 5.95 Å². The predicted octanol–water partition coefficient (Wildman–Crippen LogP) is 3.85. The first kappa shape index (κ1) is 16.3. The number of nitrogens with zero attached hydrogens (tertiary/aromatic N) is 3. The number of rotatable bonds is 4. The molecule has 0 unspecified atom stereocenters. The van der Waals surface area contributed by atoms with Gasteiger partial charge in [0.15, 0.2) is 0 Å². The Morgan fingerprint density at radius 1 is 1.21 bits per heavy atom. The molecule has 0 atom stereocenters. The van der Waals surface area contributed by atoms with Gasteiger partial charge in [0.1, 0.15) is 5.69 Å². The Kier molecular flexibility index (Phi) is 4.45. The van der Waals surface area contributed by atoms with Crippen LogP contribution in [-0.4, -0.2) is 20.1 Å². The lowest BCUT2D eigenvalue weighted by Crippen LogP contribution is -2.10. The molecule has 24 heavy (non-hydrogen) atoms. The topological polar surface area (TPSA) is 70.9 Å². The molecule has 2 aromatic heterocycles. The van der Waals surface area contributed by atoms with Crippen molar-refractivity contribution in [3.8, 4) is 10.4 Å². The molecule has 3 aromatic rings. The summed E-state index contributed by atoms with van der Waals surface area (Å²) in [5, 5.41) is 12.1. The van der Waals surface area contributed by atoms with E-state index in [1.807, 2.05) is 0 Å². The summed E-state index contributed by atoms with van der Waals surface area (Å²) in [6, 6.07) is 5.94. The molecule has 0 bridgehead atoms. The number of thiazole rings is 1. The quantitative estimate of drug-likeness (QED) is 0.746. The molecule has 5 nitrogen and oxygen atoms in total. The largest absolute Gasteiger partial charge is 0.433 e. The third-order valence-corrected chi connectivity index (χ3v) is 3.92. The fraction of sp³-hybridized carbons (Fsp3) is 0.133. The Bertz CT molecular complexity index is 837. The first-order valence-electron chi connectivity index (χ1n) is 6.76. The van der Waals surface area contributed by atoms with E-state index in [0.717, 1.165) is 22.7 Å². The summed E-state index contributed by atoms with van der Waals surface area (Å²) in [7, 11) is 0. The van der Waals surface area contributed by atoms with Crippen LogP contribution in [0.15, 0.2) is 42.2 Å². The second kappa shape index (κ2) is 6.54. The number of hydrogen-bond acceptors (Lipinski definition) is 6. The Hall–Kier alpha value is -2.52. The van der Waals surface area contributed by atoms with Crippen LogP contribution in [0, 0.1) is 0 Å². The normalized spacial score (nSPS) is 11.5. The van der Waals surface area contributed by atoms with Crippen molar-refractivity contribution in [1.82, 2.24) is 15.0 Å². The zero-order chi connectivity index (χ0) is 17.2. The molecule has 0 radical (unpaired) electrons. The second-order valence-corrected chi connectivity index (χ2v) is 5.72. The first-order chi connectivity index (χ1) is 11.5. The third-order valence-electron chi connectivity index (χ3n) is 3.09. The van der Waals surface area contributed by atoms with Crippen LogP contribution in [0.2, 0.25) is 0 Å². The standard InChI is InChI=1S/C15H11F3N4OS/c16-15(17,18)13-1-2-20-14(22-13)21-11-4-9(7-23)3-10(5-11)12-6-19-8-24-12/h1-6,8,23H,7H2,(H,20,21,22). The van der Waals surface area contributed by atoms with E-state index >= 15 is 0 Å². The lowest BCUT2D eigenvalue weighted by molar-refractivity contribution is -0.141. The molecule has 124 valence electrons. The highest BCUT2D eigenvalue weighted by molar-refractivity contribution is 7.13. The molecule has 0 spiro atoms. The van der Waals surface area contributed by atoms with Gasteiger partial charge in [-0.15, -0.1) is 11.3 Å². The van der Waals surface area contributed by atoms with E-state index in [1.54, 1.807) is 29.9 Å². The van der Waals surface area contributed by atoms with E-state index in [1.165, 1.54) is 11.3 Å². The van der Waals surface area contributed by atoms with Crippen molar-refractivity contribution in [2.24, 2.45) is 0 Å². The van der Waals surface area contributed by atoms with Gasteiger partial charge in [0, 0.05) is 18.1 Å². The van der Waals surface area contributed by atoms with Crippen molar-refractivity contribution < 1.29 is 18.3 Å². The van der Waals surface area contributed by atoms with Crippen LogP contribution in [0.5, 0.6) is 0 Å². The maximum atomic E-state index is 12.7. The molecule has 0 saturated heterocycles. The number of nitrogens with one attached hydrogen (secondary N) is 1. The van der Waals surface area contributed by atoms with Crippen LogP contribution in [0.25, 0.3) is 10.4 Å². The Morgan fingerprint density at radius 2 is 2.04 bits per heavy atom. The molecule has 0 fully saturated rings. The summed E-state index contributed by atoms with van der Waals surface area (Å²) in [5.74, 6) is -0.171. The number of anilines is 2. The van der Waals surface area contributed by atoms with Gasteiger partial charge < -0.3 is 10.4 Å². The molecule has 3 rings (SSSR count). The smallest absolute Gasteiger partial charge is 0.392 e. The van der Waals surface area contributed by atoms with Gasteiger partial charge in [-0.2, -0.15) is 13.2 Å². The summed E-state index contributed by atoms with van der Waals surface area (Å²) in [5.41, 5.74) is 2.52. The second-order valence-electron chi connectivity index (χ2n) is 4.83. The van der Waals surface area contributed by atoms with Crippen LogP contribution < -0.4 is 5.32 Å². The van der Waals surface area contributed by atoms with Crippen LogP contribution in [-0.2, 0) is 12.8 Å².